The number of Topliss-reactive ketones (excluding diaryl/α,β-unsaturated/α-hetero) is 1. The van der Waals surface area contributed by atoms with Crippen molar-refractivity contribution >= 4 is 5.78 Å². The Morgan fingerprint density at radius 3 is 2.32 bits per heavy atom. The molecule has 0 radical (unpaired) electrons. The third-order valence-electron chi connectivity index (χ3n) is 3.67. The van der Waals surface area contributed by atoms with E-state index in [0.29, 0.717) is 5.41 Å². The van der Waals surface area contributed by atoms with E-state index in [1.165, 1.54) is 25.1 Å². The molecule has 19 heavy (non-hydrogen) atoms. The van der Waals surface area contributed by atoms with E-state index in [1.54, 1.807) is 6.92 Å². The van der Waals surface area contributed by atoms with Crippen LogP contribution in [0.3, 0.4) is 0 Å². The van der Waals surface area contributed by atoms with Gasteiger partial charge in [-0.3, -0.25) is 0 Å². The van der Waals surface area contributed by atoms with Crippen molar-refractivity contribution in [2.45, 2.75) is 67.7 Å². The summed E-state index contributed by atoms with van der Waals surface area (Å²) >= 11 is 0. The van der Waals surface area contributed by atoms with Crippen molar-refractivity contribution in [1.29, 1.82) is 0 Å². The minimum Gasteiger partial charge on any atom is -0.377 e. The minimum atomic E-state index is 0.289. The number of allylic oxidation sites excluding steroid dienone is 1. The van der Waals surface area contributed by atoms with Crippen LogP contribution in [0, 0.1) is 11.3 Å². The first-order chi connectivity index (χ1) is 8.69. The van der Waals surface area contributed by atoms with Gasteiger partial charge in [0.05, 0.1) is 0 Å². The molecule has 0 bridgehead atoms. The summed E-state index contributed by atoms with van der Waals surface area (Å²) in [6.45, 7) is 17.5. The predicted octanol–water partition coefficient (Wildman–Crippen LogP) is 4.65. The highest BCUT2D eigenvalue weighted by Crippen LogP contribution is 2.33. The molecule has 0 saturated carbocycles. The third-order valence-corrected chi connectivity index (χ3v) is 3.67. The maximum Gasteiger partial charge on any atom is 0.129 e. The van der Waals surface area contributed by atoms with Crippen LogP contribution in [-0.2, 0) is 4.79 Å². The first kappa shape index (κ1) is 18.2. The first-order valence-corrected chi connectivity index (χ1v) is 7.61. The van der Waals surface area contributed by atoms with Crippen molar-refractivity contribution in [2.24, 2.45) is 11.3 Å². The molecule has 0 aliphatic carbocycles. The molecule has 1 aliphatic rings. The second kappa shape index (κ2) is 8.39. The average Bonchev–Trinajstić information content (AvgIpc) is 2.24. The van der Waals surface area contributed by atoms with Crippen molar-refractivity contribution < 1.29 is 4.79 Å². The lowest BCUT2D eigenvalue weighted by Crippen LogP contribution is -2.33. The summed E-state index contributed by atoms with van der Waals surface area (Å²) in [6.07, 6.45) is 5.36. The van der Waals surface area contributed by atoms with Gasteiger partial charge < -0.3 is 9.69 Å². The van der Waals surface area contributed by atoms with Crippen LogP contribution >= 0.6 is 0 Å². The zero-order valence-corrected chi connectivity index (χ0v) is 14.0. The van der Waals surface area contributed by atoms with Crippen LogP contribution < -0.4 is 0 Å². The van der Waals surface area contributed by atoms with E-state index < -0.39 is 0 Å². The van der Waals surface area contributed by atoms with E-state index in [4.69, 9.17) is 0 Å². The normalized spacial score (nSPS) is 17.7. The molecule has 1 aliphatic heterocycles. The van der Waals surface area contributed by atoms with Crippen LogP contribution in [0.15, 0.2) is 11.8 Å². The number of carbonyl (C=O) groups excluding carboxylic acids is 1. The molecule has 0 aromatic heterocycles. The van der Waals surface area contributed by atoms with Crippen LogP contribution in [0.2, 0.25) is 0 Å². The largest absolute Gasteiger partial charge is 0.377 e. The molecular weight excluding hydrogens is 234 g/mol. The second-order valence-electron chi connectivity index (χ2n) is 6.79. The lowest BCUT2D eigenvalue weighted by atomic mass is 9.80. The molecule has 0 aromatic rings. The maximum absolute atomic E-state index is 10.0. The van der Waals surface area contributed by atoms with Gasteiger partial charge in [0.2, 0.25) is 0 Å². The minimum absolute atomic E-state index is 0.289. The summed E-state index contributed by atoms with van der Waals surface area (Å²) in [5.41, 5.74) is 1.95. The van der Waals surface area contributed by atoms with Crippen molar-refractivity contribution in [3.8, 4) is 0 Å². The number of ketones is 1. The number of nitrogens with zero attached hydrogens (tertiary/aromatic N) is 1. The van der Waals surface area contributed by atoms with Gasteiger partial charge in [0, 0.05) is 19.5 Å². The second-order valence-corrected chi connectivity index (χ2v) is 6.79. The van der Waals surface area contributed by atoms with E-state index in [9.17, 15) is 4.79 Å². The van der Waals surface area contributed by atoms with Gasteiger partial charge in [0.1, 0.15) is 5.78 Å². The van der Waals surface area contributed by atoms with E-state index in [0.717, 1.165) is 18.8 Å². The fraction of sp³-hybridized carbons (Fsp3) is 0.824. The van der Waals surface area contributed by atoms with Crippen LogP contribution in [0.25, 0.3) is 0 Å². The summed E-state index contributed by atoms with van der Waals surface area (Å²) in [6, 6.07) is 0. The van der Waals surface area contributed by atoms with E-state index in [1.807, 2.05) is 6.92 Å². The number of rotatable bonds is 4. The third kappa shape index (κ3) is 8.07. The lowest BCUT2D eigenvalue weighted by Gasteiger charge is -2.37. The van der Waals surface area contributed by atoms with Gasteiger partial charge in [0.25, 0.3) is 0 Å². The topological polar surface area (TPSA) is 20.3 Å². The molecule has 1 rings (SSSR count). The summed E-state index contributed by atoms with van der Waals surface area (Å²) in [5, 5.41) is 0. The molecule has 0 aromatic carbocycles. The van der Waals surface area contributed by atoms with Gasteiger partial charge in [-0.05, 0) is 44.2 Å². The molecule has 0 fully saturated rings. The molecule has 2 heteroatoms. The van der Waals surface area contributed by atoms with Crippen molar-refractivity contribution in [1.82, 2.24) is 4.90 Å². The van der Waals surface area contributed by atoms with Gasteiger partial charge in [-0.15, -0.1) is 0 Å². The molecule has 0 saturated heterocycles. The lowest BCUT2D eigenvalue weighted by molar-refractivity contribution is -0.117. The van der Waals surface area contributed by atoms with Crippen LogP contribution in [0.4, 0.5) is 0 Å². The molecule has 0 atom stereocenters. The molecule has 0 unspecified atom stereocenters. The van der Waals surface area contributed by atoms with Crippen LogP contribution in [-0.4, -0.2) is 23.8 Å². The molecular formula is C17H33NO. The quantitative estimate of drug-likeness (QED) is 0.738. The first-order valence-electron chi connectivity index (χ1n) is 7.61. The molecule has 0 amide bonds. The highest BCUT2D eigenvalue weighted by molar-refractivity contribution is 5.75. The smallest absolute Gasteiger partial charge is 0.129 e. The van der Waals surface area contributed by atoms with E-state index in [2.05, 4.69) is 45.7 Å². The Morgan fingerprint density at radius 2 is 2.00 bits per heavy atom. The Kier molecular flexibility index (Phi) is 8.05. The predicted molar refractivity (Wildman–Crippen MR) is 84.2 cm³/mol. The van der Waals surface area contributed by atoms with Gasteiger partial charge in [-0.25, -0.2) is 0 Å². The standard InChI is InChI=1S/C12H23N.C5H10O/c1-10(2)8-13-7-6-12(4,5)11(3)9-13;1-3-4-5(2)6/h9-10H,6-8H2,1-5H3;3-4H2,1-2H3. The van der Waals surface area contributed by atoms with Crippen LogP contribution in [0.1, 0.15) is 67.7 Å². The zero-order chi connectivity index (χ0) is 15.1. The van der Waals surface area contributed by atoms with Crippen molar-refractivity contribution in [3.05, 3.63) is 11.8 Å². The Morgan fingerprint density at radius 1 is 1.42 bits per heavy atom. The van der Waals surface area contributed by atoms with E-state index >= 15 is 0 Å². The maximum atomic E-state index is 10.0. The van der Waals surface area contributed by atoms with Crippen LogP contribution in [0.5, 0.6) is 0 Å². The fourth-order valence-electron chi connectivity index (χ4n) is 2.10. The fourth-order valence-corrected chi connectivity index (χ4v) is 2.10. The Balaban J connectivity index is 0.000000459. The van der Waals surface area contributed by atoms with Gasteiger partial charge in [0.15, 0.2) is 0 Å². The van der Waals surface area contributed by atoms with E-state index in [-0.39, 0.29) is 5.78 Å². The molecule has 0 N–H and O–H groups in total. The number of hydrogen-bond donors (Lipinski definition) is 0. The highest BCUT2D eigenvalue weighted by atomic mass is 16.1. The van der Waals surface area contributed by atoms with Crippen molar-refractivity contribution in [2.75, 3.05) is 13.1 Å². The van der Waals surface area contributed by atoms with Gasteiger partial charge in [-0.1, -0.05) is 40.2 Å². The Bertz CT molecular complexity index is 302. The number of hydrogen-bond acceptors (Lipinski definition) is 2. The van der Waals surface area contributed by atoms with Gasteiger partial charge in [-0.2, -0.15) is 0 Å². The molecule has 0 spiro atoms. The monoisotopic (exact) mass is 267 g/mol. The Hall–Kier alpha value is -0.790. The Labute approximate surface area is 120 Å². The summed E-state index contributed by atoms with van der Waals surface area (Å²) in [4.78, 5) is 12.5. The molecule has 2 nitrogen and oxygen atoms in total. The summed E-state index contributed by atoms with van der Waals surface area (Å²) < 4.78 is 0. The summed E-state index contributed by atoms with van der Waals surface area (Å²) in [5.74, 6) is 1.06. The van der Waals surface area contributed by atoms with Crippen molar-refractivity contribution in [3.63, 3.8) is 0 Å². The molecule has 1 heterocycles. The molecule has 112 valence electrons. The number of carbonyl (C=O) groups is 1. The SMILES string of the molecule is CC1=CN(CC(C)C)CCC1(C)C.CCCC(C)=O. The summed E-state index contributed by atoms with van der Waals surface area (Å²) in [7, 11) is 0. The van der Waals surface area contributed by atoms with Gasteiger partial charge >= 0.3 is 0 Å². The average molecular weight is 267 g/mol. The highest BCUT2D eigenvalue weighted by Gasteiger charge is 2.25. The zero-order valence-electron chi connectivity index (χ0n) is 14.0.